The predicted octanol–water partition coefficient (Wildman–Crippen LogP) is 1.87. The summed E-state index contributed by atoms with van der Waals surface area (Å²) in [7, 11) is 3.81. The molecular weight excluding hydrogens is 334 g/mol. The summed E-state index contributed by atoms with van der Waals surface area (Å²) >= 11 is 3.57. The molecule has 2 rings (SSSR count). The normalized spacial score (nSPS) is 19.4. The Kier molecular flexibility index (Phi) is 6.48. The van der Waals surface area contributed by atoms with Crippen LogP contribution in [-0.4, -0.2) is 57.4 Å². The van der Waals surface area contributed by atoms with Crippen LogP contribution >= 0.6 is 15.9 Å². The second-order valence-corrected chi connectivity index (χ2v) is 5.80. The maximum absolute atomic E-state index is 5.62. The number of nitrogens with zero attached hydrogens (tertiary/aromatic N) is 2. The summed E-state index contributed by atoms with van der Waals surface area (Å²) in [5, 5.41) is 3.33. The van der Waals surface area contributed by atoms with Crippen molar-refractivity contribution >= 4 is 21.9 Å². The minimum absolute atomic E-state index is 0.0901. The zero-order chi connectivity index (χ0) is 15.1. The lowest BCUT2D eigenvalue weighted by atomic mass is 10.2. The van der Waals surface area contributed by atoms with Crippen molar-refractivity contribution in [3.63, 3.8) is 0 Å². The molecule has 0 amide bonds. The van der Waals surface area contributed by atoms with Gasteiger partial charge in [0, 0.05) is 31.7 Å². The molecule has 116 valence electrons. The Bertz CT molecular complexity index is 476. The van der Waals surface area contributed by atoms with E-state index in [4.69, 9.17) is 9.47 Å². The van der Waals surface area contributed by atoms with E-state index in [0.29, 0.717) is 26.4 Å². The molecule has 1 heterocycles. The molecule has 1 aromatic rings. The average Bonchev–Trinajstić information content (AvgIpc) is 2.51. The molecule has 1 saturated heterocycles. The first-order chi connectivity index (χ1) is 10.2. The van der Waals surface area contributed by atoms with Gasteiger partial charge in [-0.05, 0) is 11.6 Å². The van der Waals surface area contributed by atoms with Crippen molar-refractivity contribution in [3.8, 4) is 0 Å². The molecule has 21 heavy (non-hydrogen) atoms. The van der Waals surface area contributed by atoms with Crippen molar-refractivity contribution in [2.45, 2.75) is 12.6 Å². The van der Waals surface area contributed by atoms with E-state index < -0.39 is 0 Å². The van der Waals surface area contributed by atoms with E-state index in [1.165, 1.54) is 5.56 Å². The standard InChI is InChI=1S/C15H22BrN3O2/c1-17-15(18-9-13-11-20-7-8-21-13)19(2)10-12-5-3-4-6-14(12)16/h3-6,13H,7-11H2,1-2H3,(H,17,18). The SMILES string of the molecule is CN=C(NCC1COCCO1)N(C)Cc1ccccc1Br. The lowest BCUT2D eigenvalue weighted by Crippen LogP contribution is -2.45. The van der Waals surface area contributed by atoms with E-state index in [9.17, 15) is 0 Å². The number of halogens is 1. The second-order valence-electron chi connectivity index (χ2n) is 4.94. The fourth-order valence-corrected chi connectivity index (χ4v) is 2.61. The maximum Gasteiger partial charge on any atom is 0.193 e. The summed E-state index contributed by atoms with van der Waals surface area (Å²) in [5.41, 5.74) is 1.22. The van der Waals surface area contributed by atoms with Crippen LogP contribution in [0.5, 0.6) is 0 Å². The number of hydrogen-bond acceptors (Lipinski definition) is 3. The van der Waals surface area contributed by atoms with E-state index >= 15 is 0 Å². The van der Waals surface area contributed by atoms with Gasteiger partial charge in [-0.1, -0.05) is 34.1 Å². The zero-order valence-corrected chi connectivity index (χ0v) is 14.1. The first-order valence-electron chi connectivity index (χ1n) is 7.05. The molecule has 1 unspecified atom stereocenters. The summed E-state index contributed by atoms with van der Waals surface area (Å²) < 4.78 is 12.1. The van der Waals surface area contributed by atoms with Crippen LogP contribution in [0, 0.1) is 0 Å². The van der Waals surface area contributed by atoms with Crippen molar-refractivity contribution in [2.75, 3.05) is 40.5 Å². The highest BCUT2D eigenvalue weighted by Gasteiger charge is 2.16. The number of hydrogen-bond donors (Lipinski definition) is 1. The minimum Gasteiger partial charge on any atom is -0.376 e. The average molecular weight is 356 g/mol. The molecule has 1 fully saturated rings. The van der Waals surface area contributed by atoms with Crippen LogP contribution in [0.15, 0.2) is 33.7 Å². The highest BCUT2D eigenvalue weighted by Crippen LogP contribution is 2.17. The molecule has 0 spiro atoms. The molecule has 1 atom stereocenters. The molecule has 1 aliphatic heterocycles. The summed E-state index contributed by atoms with van der Waals surface area (Å²) in [4.78, 5) is 6.41. The molecule has 0 saturated carbocycles. The Labute approximate surface area is 134 Å². The molecule has 6 heteroatoms. The largest absolute Gasteiger partial charge is 0.376 e. The Morgan fingerprint density at radius 1 is 1.43 bits per heavy atom. The van der Waals surface area contributed by atoms with Crippen LogP contribution in [0.3, 0.4) is 0 Å². The summed E-state index contributed by atoms with van der Waals surface area (Å²) in [6.45, 7) is 3.47. The third kappa shape index (κ3) is 4.98. The van der Waals surface area contributed by atoms with Gasteiger partial charge in [0.2, 0.25) is 0 Å². The van der Waals surface area contributed by atoms with Crippen LogP contribution in [-0.2, 0) is 16.0 Å². The van der Waals surface area contributed by atoms with Crippen molar-refractivity contribution in [2.24, 2.45) is 4.99 Å². The summed E-state index contributed by atoms with van der Waals surface area (Å²) in [6, 6.07) is 8.21. The third-order valence-corrected chi connectivity index (χ3v) is 4.09. The van der Waals surface area contributed by atoms with Gasteiger partial charge < -0.3 is 19.7 Å². The fraction of sp³-hybridized carbons (Fsp3) is 0.533. The first-order valence-corrected chi connectivity index (χ1v) is 7.84. The molecular formula is C15H22BrN3O2. The van der Waals surface area contributed by atoms with Crippen LogP contribution in [0.25, 0.3) is 0 Å². The summed E-state index contributed by atoms with van der Waals surface area (Å²) in [6.07, 6.45) is 0.0901. The van der Waals surface area contributed by atoms with Crippen molar-refractivity contribution < 1.29 is 9.47 Å². The lowest BCUT2D eigenvalue weighted by molar-refractivity contribution is -0.0851. The van der Waals surface area contributed by atoms with Gasteiger partial charge in [-0.15, -0.1) is 0 Å². The van der Waals surface area contributed by atoms with Gasteiger partial charge in [-0.3, -0.25) is 4.99 Å². The van der Waals surface area contributed by atoms with Gasteiger partial charge in [0.1, 0.15) is 0 Å². The molecule has 1 aromatic carbocycles. The Morgan fingerprint density at radius 3 is 2.90 bits per heavy atom. The van der Waals surface area contributed by atoms with Gasteiger partial charge in [0.05, 0.1) is 25.9 Å². The molecule has 1 aliphatic rings. The van der Waals surface area contributed by atoms with E-state index in [0.717, 1.165) is 17.0 Å². The highest BCUT2D eigenvalue weighted by atomic mass is 79.9. The zero-order valence-electron chi connectivity index (χ0n) is 12.5. The van der Waals surface area contributed by atoms with Crippen LogP contribution in [0.1, 0.15) is 5.56 Å². The van der Waals surface area contributed by atoms with E-state index in [1.807, 2.05) is 25.2 Å². The van der Waals surface area contributed by atoms with Crippen LogP contribution in [0.2, 0.25) is 0 Å². The summed E-state index contributed by atoms with van der Waals surface area (Å²) in [5.74, 6) is 0.847. The highest BCUT2D eigenvalue weighted by molar-refractivity contribution is 9.10. The monoisotopic (exact) mass is 355 g/mol. The van der Waals surface area contributed by atoms with Gasteiger partial charge in [-0.25, -0.2) is 0 Å². The van der Waals surface area contributed by atoms with Crippen molar-refractivity contribution in [1.29, 1.82) is 0 Å². The van der Waals surface area contributed by atoms with Gasteiger partial charge in [-0.2, -0.15) is 0 Å². The third-order valence-electron chi connectivity index (χ3n) is 3.31. The van der Waals surface area contributed by atoms with E-state index in [2.05, 4.69) is 37.2 Å². The predicted molar refractivity (Wildman–Crippen MR) is 87.5 cm³/mol. The number of ether oxygens (including phenoxy) is 2. The number of guanidine groups is 1. The van der Waals surface area contributed by atoms with Crippen LogP contribution < -0.4 is 5.32 Å². The molecule has 5 nitrogen and oxygen atoms in total. The second kappa shape index (κ2) is 8.36. The van der Waals surface area contributed by atoms with Crippen molar-refractivity contribution in [3.05, 3.63) is 34.3 Å². The van der Waals surface area contributed by atoms with Crippen LogP contribution in [0.4, 0.5) is 0 Å². The molecule has 1 N–H and O–H groups in total. The fourth-order valence-electron chi connectivity index (χ4n) is 2.20. The number of nitrogens with one attached hydrogen (secondary N) is 1. The lowest BCUT2D eigenvalue weighted by Gasteiger charge is -2.27. The Hall–Kier alpha value is -1.11. The van der Waals surface area contributed by atoms with Crippen molar-refractivity contribution in [1.82, 2.24) is 10.2 Å². The van der Waals surface area contributed by atoms with E-state index in [1.54, 1.807) is 7.05 Å². The van der Waals surface area contributed by atoms with Gasteiger partial charge in [0.15, 0.2) is 5.96 Å². The Morgan fingerprint density at radius 2 is 2.24 bits per heavy atom. The number of benzene rings is 1. The number of aliphatic imine (C=N–C) groups is 1. The quantitative estimate of drug-likeness (QED) is 0.661. The molecule has 0 radical (unpaired) electrons. The minimum atomic E-state index is 0.0901. The van der Waals surface area contributed by atoms with Gasteiger partial charge >= 0.3 is 0 Å². The number of rotatable bonds is 4. The maximum atomic E-state index is 5.62. The Balaban J connectivity index is 1.86. The smallest absolute Gasteiger partial charge is 0.193 e. The molecule has 0 bridgehead atoms. The molecule has 0 aliphatic carbocycles. The topological polar surface area (TPSA) is 46.1 Å². The van der Waals surface area contributed by atoms with E-state index in [-0.39, 0.29) is 6.10 Å². The first kappa shape index (κ1) is 16.3. The molecule has 0 aromatic heterocycles. The van der Waals surface area contributed by atoms with Gasteiger partial charge in [0.25, 0.3) is 0 Å².